The molecule has 5 heteroatoms. The van der Waals surface area contributed by atoms with E-state index in [4.69, 9.17) is 11.2 Å². The number of terminal acetylenes is 1. The van der Waals surface area contributed by atoms with Crippen LogP contribution < -0.4 is 10.1 Å². The first-order chi connectivity index (χ1) is 15.7. The van der Waals surface area contributed by atoms with Crippen molar-refractivity contribution in [1.82, 2.24) is 5.32 Å². The van der Waals surface area contributed by atoms with Gasteiger partial charge in [-0.05, 0) is 35.2 Å². The minimum atomic E-state index is -0.225. The fourth-order valence-corrected chi connectivity index (χ4v) is 3.53. The van der Waals surface area contributed by atoms with Gasteiger partial charge in [0.1, 0.15) is 12.4 Å². The molecule has 32 heavy (non-hydrogen) atoms. The van der Waals surface area contributed by atoms with Crippen LogP contribution in [0.1, 0.15) is 33.4 Å². The van der Waals surface area contributed by atoms with E-state index < -0.39 is 0 Å². The summed E-state index contributed by atoms with van der Waals surface area (Å²) in [6.07, 6.45) is 6.21. The molecule has 0 aliphatic heterocycles. The van der Waals surface area contributed by atoms with Crippen LogP contribution in [0.4, 0.5) is 0 Å². The number of rotatable bonds is 11. The van der Waals surface area contributed by atoms with Gasteiger partial charge in [-0.15, -0.1) is 6.42 Å². The summed E-state index contributed by atoms with van der Waals surface area (Å²) >= 11 is 0. The molecule has 3 aromatic rings. The third kappa shape index (κ3) is 6.43. The Morgan fingerprint density at radius 3 is 2.03 bits per heavy atom. The minimum Gasteiger partial charge on any atom is -0.488 e. The van der Waals surface area contributed by atoms with Crippen LogP contribution in [-0.2, 0) is 32.8 Å². The van der Waals surface area contributed by atoms with E-state index >= 15 is 0 Å². The first-order valence-corrected chi connectivity index (χ1v) is 10.6. The Hall–Kier alpha value is -3.14. The highest BCUT2D eigenvalue weighted by Crippen LogP contribution is 2.27. The van der Waals surface area contributed by atoms with Gasteiger partial charge in [0.05, 0.1) is 19.8 Å². The van der Waals surface area contributed by atoms with Crippen molar-refractivity contribution < 1.29 is 20.1 Å². The molecule has 3 rings (SSSR count). The number of hydrogen-bond acceptors (Lipinski definition) is 5. The molecule has 1 atom stereocenters. The Kier molecular flexibility index (Phi) is 8.85. The van der Waals surface area contributed by atoms with E-state index in [9.17, 15) is 15.3 Å². The van der Waals surface area contributed by atoms with E-state index in [0.717, 1.165) is 17.5 Å². The van der Waals surface area contributed by atoms with Gasteiger partial charge >= 0.3 is 0 Å². The lowest BCUT2D eigenvalue weighted by Gasteiger charge is -2.17. The first-order valence-electron chi connectivity index (χ1n) is 10.6. The van der Waals surface area contributed by atoms with Crippen LogP contribution in [0.15, 0.2) is 66.7 Å². The number of ether oxygens (including phenoxy) is 1. The Morgan fingerprint density at radius 2 is 1.47 bits per heavy atom. The second kappa shape index (κ2) is 12.0. The van der Waals surface area contributed by atoms with Gasteiger partial charge in [0.2, 0.25) is 0 Å². The molecule has 0 aromatic heterocycles. The largest absolute Gasteiger partial charge is 0.488 e. The van der Waals surface area contributed by atoms with Crippen molar-refractivity contribution in [2.75, 3.05) is 6.61 Å². The average molecular weight is 432 g/mol. The molecule has 5 nitrogen and oxygen atoms in total. The van der Waals surface area contributed by atoms with Crippen molar-refractivity contribution in [3.63, 3.8) is 0 Å². The van der Waals surface area contributed by atoms with Crippen molar-refractivity contribution >= 4 is 0 Å². The van der Waals surface area contributed by atoms with Gasteiger partial charge < -0.3 is 25.4 Å². The molecule has 0 saturated carbocycles. The van der Waals surface area contributed by atoms with Crippen molar-refractivity contribution in [2.45, 2.75) is 38.8 Å². The molecule has 4 N–H and O–H groups in total. The molecular weight excluding hydrogens is 402 g/mol. The van der Waals surface area contributed by atoms with Crippen molar-refractivity contribution in [3.8, 4) is 18.1 Å². The highest BCUT2D eigenvalue weighted by Gasteiger charge is 2.12. The fourth-order valence-electron chi connectivity index (χ4n) is 3.53. The van der Waals surface area contributed by atoms with Crippen LogP contribution in [0.25, 0.3) is 0 Å². The second-order valence-electron chi connectivity index (χ2n) is 7.64. The van der Waals surface area contributed by atoms with Gasteiger partial charge in [0.25, 0.3) is 0 Å². The van der Waals surface area contributed by atoms with E-state index in [0.29, 0.717) is 35.6 Å². The maximum absolute atomic E-state index is 9.68. The summed E-state index contributed by atoms with van der Waals surface area (Å²) in [6, 6.07) is 21.5. The summed E-state index contributed by atoms with van der Waals surface area (Å²) < 4.78 is 5.92. The maximum Gasteiger partial charge on any atom is 0.130 e. The van der Waals surface area contributed by atoms with Crippen LogP contribution in [0.2, 0.25) is 0 Å². The molecule has 3 aromatic carbocycles. The van der Waals surface area contributed by atoms with Crippen molar-refractivity contribution in [1.29, 1.82) is 0 Å². The summed E-state index contributed by atoms with van der Waals surface area (Å²) in [6.45, 7) is 0.570. The van der Waals surface area contributed by atoms with Crippen LogP contribution in [0, 0.1) is 12.3 Å². The van der Waals surface area contributed by atoms with Crippen molar-refractivity contribution in [2.24, 2.45) is 0 Å². The smallest absolute Gasteiger partial charge is 0.130 e. The van der Waals surface area contributed by atoms with Crippen LogP contribution in [-0.4, -0.2) is 28.0 Å². The first kappa shape index (κ1) is 23.5. The number of nitrogens with one attached hydrogen (secondary N) is 1. The third-order valence-electron chi connectivity index (χ3n) is 5.30. The van der Waals surface area contributed by atoms with Gasteiger partial charge in [0, 0.05) is 29.3 Å². The molecule has 0 amide bonds. The lowest BCUT2D eigenvalue weighted by atomic mass is 10.0. The number of aliphatic hydroxyl groups excluding tert-OH is 3. The average Bonchev–Trinajstić information content (AvgIpc) is 2.85. The number of hydrogen-bond donors (Lipinski definition) is 4. The molecule has 0 fully saturated rings. The normalized spacial score (nSPS) is 11.7. The van der Waals surface area contributed by atoms with Crippen LogP contribution >= 0.6 is 0 Å². The lowest BCUT2D eigenvalue weighted by molar-refractivity contribution is 0.240. The Labute approximate surface area is 189 Å². The molecule has 0 saturated heterocycles. The van der Waals surface area contributed by atoms with E-state index in [1.165, 1.54) is 5.56 Å². The molecule has 0 aliphatic rings. The van der Waals surface area contributed by atoms with Gasteiger partial charge in [0.15, 0.2) is 0 Å². The summed E-state index contributed by atoms with van der Waals surface area (Å²) in [5.41, 5.74) is 4.95. The van der Waals surface area contributed by atoms with Gasteiger partial charge in [-0.2, -0.15) is 0 Å². The SMILES string of the molecule is C#Cc1cc(CO)c(OCc2ccc(CN[C@H](CO)Cc3ccccc3)cc2)c(CO)c1. The van der Waals surface area contributed by atoms with Gasteiger partial charge in [-0.3, -0.25) is 0 Å². The zero-order valence-corrected chi connectivity index (χ0v) is 18.0. The van der Waals surface area contributed by atoms with E-state index in [2.05, 4.69) is 23.4 Å². The molecular formula is C27H29NO4. The summed E-state index contributed by atoms with van der Waals surface area (Å²) in [4.78, 5) is 0. The Morgan fingerprint density at radius 1 is 0.844 bits per heavy atom. The highest BCUT2D eigenvalue weighted by atomic mass is 16.5. The molecule has 0 radical (unpaired) electrons. The molecule has 166 valence electrons. The predicted molar refractivity (Wildman–Crippen MR) is 125 cm³/mol. The standard InChI is InChI=1S/C27H29NO4/c1-2-20-12-24(16-29)27(25(13-20)17-30)32-19-23-10-8-22(9-11-23)15-28-26(18-31)14-21-6-4-3-5-7-21/h1,3-13,26,28-31H,14-19H2/t26-/m0/s1. The monoisotopic (exact) mass is 431 g/mol. The van der Waals surface area contributed by atoms with Gasteiger partial charge in [-0.25, -0.2) is 0 Å². The Bertz CT molecular complexity index is 1000. The molecule has 0 unspecified atom stereocenters. The van der Waals surface area contributed by atoms with Crippen LogP contribution in [0.3, 0.4) is 0 Å². The summed E-state index contributed by atoms with van der Waals surface area (Å²) in [5.74, 6) is 2.99. The molecule has 0 heterocycles. The second-order valence-corrected chi connectivity index (χ2v) is 7.64. The topological polar surface area (TPSA) is 82.0 Å². The fraction of sp³-hybridized carbons (Fsp3) is 0.259. The van der Waals surface area contributed by atoms with E-state index in [1.807, 2.05) is 42.5 Å². The minimum absolute atomic E-state index is 0.0137. The third-order valence-corrected chi connectivity index (χ3v) is 5.30. The quantitative estimate of drug-likeness (QED) is 0.351. The molecule has 0 bridgehead atoms. The summed E-state index contributed by atoms with van der Waals surface area (Å²) in [7, 11) is 0. The van der Waals surface area contributed by atoms with Crippen molar-refractivity contribution in [3.05, 3.63) is 100 Å². The summed E-state index contributed by atoms with van der Waals surface area (Å²) in [5, 5.41) is 32.4. The van der Waals surface area contributed by atoms with Gasteiger partial charge in [-0.1, -0.05) is 60.5 Å². The number of aliphatic hydroxyl groups is 3. The lowest BCUT2D eigenvalue weighted by Crippen LogP contribution is -2.34. The predicted octanol–water partition coefficient (Wildman–Crippen LogP) is 2.92. The molecule has 0 spiro atoms. The highest BCUT2D eigenvalue weighted by molar-refractivity contribution is 5.49. The van der Waals surface area contributed by atoms with E-state index in [-0.39, 0.29) is 25.9 Å². The zero-order chi connectivity index (χ0) is 22.8. The Balaban J connectivity index is 1.58. The molecule has 0 aliphatic carbocycles. The number of benzene rings is 3. The van der Waals surface area contributed by atoms with Crippen LogP contribution in [0.5, 0.6) is 5.75 Å². The maximum atomic E-state index is 9.68. The van der Waals surface area contributed by atoms with E-state index in [1.54, 1.807) is 12.1 Å². The zero-order valence-electron chi connectivity index (χ0n) is 18.0.